The van der Waals surface area contributed by atoms with Crippen LogP contribution in [0.4, 0.5) is 0 Å². The molecule has 0 aliphatic rings. The molecule has 2 nitrogen and oxygen atoms in total. The predicted molar refractivity (Wildman–Crippen MR) is 92.4 cm³/mol. The van der Waals surface area contributed by atoms with E-state index in [9.17, 15) is 0 Å². The van der Waals surface area contributed by atoms with E-state index in [1.807, 2.05) is 36.4 Å². The van der Waals surface area contributed by atoms with E-state index in [0.29, 0.717) is 12.4 Å². The Kier molecular flexibility index (Phi) is 4.53. The highest BCUT2D eigenvalue weighted by Crippen LogP contribution is 2.24. The van der Waals surface area contributed by atoms with Crippen molar-refractivity contribution in [3.05, 3.63) is 63.3 Å². The Balaban J connectivity index is 2.11. The molecule has 0 fully saturated rings. The highest BCUT2D eigenvalue weighted by Gasteiger charge is 2.12. The second-order valence-corrected chi connectivity index (χ2v) is 6.48. The lowest BCUT2D eigenvalue weighted by Gasteiger charge is -2.10. The van der Waals surface area contributed by atoms with Crippen molar-refractivity contribution in [1.29, 1.82) is 0 Å². The van der Waals surface area contributed by atoms with Gasteiger partial charge in [0.05, 0.1) is 17.6 Å². The molecule has 0 spiro atoms. The van der Waals surface area contributed by atoms with Gasteiger partial charge in [0.1, 0.15) is 5.82 Å². The number of rotatable bonds is 4. The first-order valence-electron chi connectivity index (χ1n) is 6.63. The highest BCUT2D eigenvalue weighted by molar-refractivity contribution is 9.10. The van der Waals surface area contributed by atoms with Crippen LogP contribution in [0.15, 0.2) is 46.9 Å². The van der Waals surface area contributed by atoms with Gasteiger partial charge in [-0.1, -0.05) is 45.7 Å². The molecular weight excluding hydrogens is 371 g/mol. The second kappa shape index (κ2) is 6.39. The number of hydrogen-bond donors (Lipinski definition) is 0. The fourth-order valence-electron chi connectivity index (χ4n) is 2.40. The normalized spacial score (nSPS) is 11.2. The average Bonchev–Trinajstić information content (AvgIpc) is 2.79. The summed E-state index contributed by atoms with van der Waals surface area (Å²) < 4.78 is 3.21. The molecule has 2 aromatic carbocycles. The van der Waals surface area contributed by atoms with Crippen LogP contribution >= 0.6 is 39.1 Å². The van der Waals surface area contributed by atoms with Crippen molar-refractivity contribution < 1.29 is 0 Å². The summed E-state index contributed by atoms with van der Waals surface area (Å²) in [4.78, 5) is 4.69. The van der Waals surface area contributed by atoms with Crippen LogP contribution in [0.5, 0.6) is 0 Å². The number of aryl methyl sites for hydroxylation is 1. The van der Waals surface area contributed by atoms with Crippen molar-refractivity contribution >= 4 is 50.2 Å². The molecular formula is C16H13BrCl2N2. The van der Waals surface area contributed by atoms with E-state index in [1.165, 1.54) is 0 Å². The Labute approximate surface area is 141 Å². The number of halogens is 3. The minimum absolute atomic E-state index is 0.549. The average molecular weight is 384 g/mol. The minimum atomic E-state index is 0.549. The van der Waals surface area contributed by atoms with Crippen molar-refractivity contribution in [2.75, 3.05) is 5.88 Å². The van der Waals surface area contributed by atoms with Crippen molar-refractivity contribution in [2.45, 2.75) is 13.0 Å². The SMILES string of the molecule is ClCCc1nc2cc(Br)ccc2n1Cc1ccccc1Cl. The zero-order valence-electron chi connectivity index (χ0n) is 11.2. The quantitative estimate of drug-likeness (QED) is 0.560. The number of nitrogens with zero attached hydrogens (tertiary/aromatic N) is 2. The van der Waals surface area contributed by atoms with Crippen LogP contribution in [0.25, 0.3) is 11.0 Å². The highest BCUT2D eigenvalue weighted by atomic mass is 79.9. The predicted octanol–water partition coefficient (Wildman–Crippen LogP) is 5.28. The summed E-state index contributed by atoms with van der Waals surface area (Å²) >= 11 is 15.7. The van der Waals surface area contributed by atoms with Crippen LogP contribution in [0, 0.1) is 0 Å². The summed E-state index contributed by atoms with van der Waals surface area (Å²) in [5.41, 5.74) is 3.15. The van der Waals surface area contributed by atoms with Crippen molar-refractivity contribution in [2.24, 2.45) is 0 Å². The van der Waals surface area contributed by atoms with Crippen LogP contribution in [0.2, 0.25) is 5.02 Å². The lowest BCUT2D eigenvalue weighted by molar-refractivity contribution is 0.755. The van der Waals surface area contributed by atoms with E-state index in [0.717, 1.165) is 38.3 Å². The molecule has 0 saturated heterocycles. The Morgan fingerprint density at radius 1 is 1.14 bits per heavy atom. The molecule has 0 N–H and O–H groups in total. The number of alkyl halides is 1. The van der Waals surface area contributed by atoms with Gasteiger partial charge in [-0.05, 0) is 29.8 Å². The van der Waals surface area contributed by atoms with Crippen molar-refractivity contribution in [3.63, 3.8) is 0 Å². The monoisotopic (exact) mass is 382 g/mol. The van der Waals surface area contributed by atoms with E-state index in [-0.39, 0.29) is 0 Å². The fourth-order valence-corrected chi connectivity index (χ4v) is 3.12. The van der Waals surface area contributed by atoms with E-state index < -0.39 is 0 Å². The van der Waals surface area contributed by atoms with Gasteiger partial charge in [0.15, 0.2) is 0 Å². The van der Waals surface area contributed by atoms with Gasteiger partial charge in [-0.25, -0.2) is 4.98 Å². The number of aromatic nitrogens is 2. The van der Waals surface area contributed by atoms with Crippen LogP contribution in [-0.4, -0.2) is 15.4 Å². The summed E-state index contributed by atoms with van der Waals surface area (Å²) in [6.07, 6.45) is 0.734. The van der Waals surface area contributed by atoms with Crippen LogP contribution < -0.4 is 0 Å². The molecule has 3 aromatic rings. The van der Waals surface area contributed by atoms with Crippen molar-refractivity contribution in [3.8, 4) is 0 Å². The van der Waals surface area contributed by atoms with Gasteiger partial charge >= 0.3 is 0 Å². The van der Waals surface area contributed by atoms with Gasteiger partial charge in [0, 0.05) is 21.8 Å². The van der Waals surface area contributed by atoms with E-state index in [1.54, 1.807) is 0 Å². The van der Waals surface area contributed by atoms with E-state index in [2.05, 4.69) is 26.6 Å². The molecule has 0 atom stereocenters. The molecule has 5 heteroatoms. The molecule has 0 aliphatic carbocycles. The molecule has 0 amide bonds. The van der Waals surface area contributed by atoms with Gasteiger partial charge in [-0.15, -0.1) is 11.6 Å². The number of hydrogen-bond acceptors (Lipinski definition) is 1. The molecule has 21 heavy (non-hydrogen) atoms. The zero-order chi connectivity index (χ0) is 14.8. The summed E-state index contributed by atoms with van der Waals surface area (Å²) in [5.74, 6) is 1.53. The molecule has 1 heterocycles. The third-order valence-corrected chi connectivity index (χ3v) is 4.44. The van der Waals surface area contributed by atoms with Crippen molar-refractivity contribution in [1.82, 2.24) is 9.55 Å². The maximum absolute atomic E-state index is 6.28. The van der Waals surface area contributed by atoms with Gasteiger partial charge in [0.2, 0.25) is 0 Å². The summed E-state index contributed by atoms with van der Waals surface area (Å²) in [6.45, 7) is 0.698. The summed E-state index contributed by atoms with van der Waals surface area (Å²) in [6, 6.07) is 14.0. The Morgan fingerprint density at radius 2 is 1.95 bits per heavy atom. The lowest BCUT2D eigenvalue weighted by atomic mass is 10.2. The molecule has 108 valence electrons. The zero-order valence-corrected chi connectivity index (χ0v) is 14.3. The smallest absolute Gasteiger partial charge is 0.111 e. The molecule has 0 aliphatic heterocycles. The third-order valence-electron chi connectivity index (χ3n) is 3.39. The second-order valence-electron chi connectivity index (χ2n) is 4.78. The molecule has 0 saturated carbocycles. The minimum Gasteiger partial charge on any atom is -0.323 e. The summed E-state index contributed by atoms with van der Waals surface area (Å²) in [7, 11) is 0. The Hall–Kier alpha value is -1.03. The van der Waals surface area contributed by atoms with Gasteiger partial charge in [-0.2, -0.15) is 0 Å². The topological polar surface area (TPSA) is 17.8 Å². The molecule has 3 rings (SSSR count). The summed E-state index contributed by atoms with van der Waals surface area (Å²) in [5, 5.41) is 0.772. The van der Waals surface area contributed by atoms with Crippen LogP contribution in [0.1, 0.15) is 11.4 Å². The first kappa shape index (κ1) is 14.9. The lowest BCUT2D eigenvalue weighted by Crippen LogP contribution is -2.06. The molecule has 1 aromatic heterocycles. The number of benzene rings is 2. The van der Waals surface area contributed by atoms with Gasteiger partial charge in [0.25, 0.3) is 0 Å². The largest absolute Gasteiger partial charge is 0.323 e. The first-order chi connectivity index (χ1) is 10.2. The Morgan fingerprint density at radius 3 is 2.71 bits per heavy atom. The maximum Gasteiger partial charge on any atom is 0.111 e. The maximum atomic E-state index is 6.28. The molecule has 0 bridgehead atoms. The fraction of sp³-hybridized carbons (Fsp3) is 0.188. The Bertz CT molecular complexity index is 783. The number of fused-ring (bicyclic) bond motifs is 1. The molecule has 0 radical (unpaired) electrons. The number of imidazole rings is 1. The third kappa shape index (κ3) is 3.10. The van der Waals surface area contributed by atoms with Crippen LogP contribution in [0.3, 0.4) is 0 Å². The van der Waals surface area contributed by atoms with E-state index in [4.69, 9.17) is 28.2 Å². The standard InChI is InChI=1S/C16H13BrCl2N2/c17-12-5-6-15-14(9-12)20-16(7-8-18)21(15)10-11-3-1-2-4-13(11)19/h1-6,9H,7-8,10H2. The van der Waals surface area contributed by atoms with Gasteiger partial charge < -0.3 is 4.57 Å². The van der Waals surface area contributed by atoms with E-state index >= 15 is 0 Å². The van der Waals surface area contributed by atoms with Gasteiger partial charge in [-0.3, -0.25) is 0 Å². The first-order valence-corrected chi connectivity index (χ1v) is 8.33. The van der Waals surface area contributed by atoms with Crippen LogP contribution in [-0.2, 0) is 13.0 Å². The molecule has 0 unspecified atom stereocenters.